The molecule has 0 unspecified atom stereocenters. The SMILES string of the molecule is COc1ccc(-c2ccc3ncn(-c4c(C)cccc4Cl)c(=O)c3c2)cc1. The van der Waals surface area contributed by atoms with Gasteiger partial charge in [-0.05, 0) is 53.9 Å². The summed E-state index contributed by atoms with van der Waals surface area (Å²) in [5.41, 5.74) is 4.02. The molecule has 5 heteroatoms. The summed E-state index contributed by atoms with van der Waals surface area (Å²) < 4.78 is 6.72. The van der Waals surface area contributed by atoms with Crippen LogP contribution in [0.2, 0.25) is 5.02 Å². The fourth-order valence-corrected chi connectivity index (χ4v) is 3.49. The van der Waals surface area contributed by atoms with Gasteiger partial charge in [0.2, 0.25) is 0 Å². The summed E-state index contributed by atoms with van der Waals surface area (Å²) in [6, 6.07) is 19.0. The predicted molar refractivity (Wildman–Crippen MR) is 109 cm³/mol. The minimum atomic E-state index is -0.147. The predicted octanol–water partition coefficient (Wildman–Crippen LogP) is 5.02. The van der Waals surface area contributed by atoms with E-state index in [4.69, 9.17) is 16.3 Å². The molecule has 0 saturated heterocycles. The molecule has 134 valence electrons. The number of halogens is 1. The van der Waals surface area contributed by atoms with E-state index in [1.54, 1.807) is 13.2 Å². The second-order valence-electron chi connectivity index (χ2n) is 6.29. The Balaban J connectivity index is 1.90. The normalized spacial score (nSPS) is 10.9. The molecule has 0 aliphatic heterocycles. The van der Waals surface area contributed by atoms with Crippen LogP contribution >= 0.6 is 11.6 Å². The van der Waals surface area contributed by atoms with Gasteiger partial charge < -0.3 is 4.74 Å². The summed E-state index contributed by atoms with van der Waals surface area (Å²) >= 11 is 6.34. The zero-order valence-corrected chi connectivity index (χ0v) is 15.7. The average molecular weight is 377 g/mol. The van der Waals surface area contributed by atoms with Gasteiger partial charge in [-0.3, -0.25) is 9.36 Å². The van der Waals surface area contributed by atoms with E-state index in [0.29, 0.717) is 21.6 Å². The molecule has 0 amide bonds. The lowest BCUT2D eigenvalue weighted by Gasteiger charge is -2.12. The first-order valence-electron chi connectivity index (χ1n) is 8.50. The molecule has 0 spiro atoms. The fourth-order valence-electron chi connectivity index (χ4n) is 3.17. The molecule has 1 heterocycles. The van der Waals surface area contributed by atoms with Crippen molar-refractivity contribution in [3.8, 4) is 22.6 Å². The third kappa shape index (κ3) is 3.09. The summed E-state index contributed by atoms with van der Waals surface area (Å²) in [6.45, 7) is 1.92. The molecule has 4 aromatic rings. The van der Waals surface area contributed by atoms with Gasteiger partial charge in [0.05, 0.1) is 28.7 Å². The van der Waals surface area contributed by atoms with Crippen LogP contribution in [-0.2, 0) is 0 Å². The molecule has 0 aliphatic carbocycles. The van der Waals surface area contributed by atoms with Crippen molar-refractivity contribution in [1.29, 1.82) is 0 Å². The number of para-hydroxylation sites is 1. The van der Waals surface area contributed by atoms with Crippen LogP contribution in [0.5, 0.6) is 5.75 Å². The van der Waals surface area contributed by atoms with E-state index in [0.717, 1.165) is 22.4 Å². The summed E-state index contributed by atoms with van der Waals surface area (Å²) in [5.74, 6) is 0.790. The fraction of sp³-hybridized carbons (Fsp3) is 0.0909. The van der Waals surface area contributed by atoms with Crippen LogP contribution in [0.25, 0.3) is 27.7 Å². The van der Waals surface area contributed by atoms with Gasteiger partial charge in [-0.2, -0.15) is 0 Å². The summed E-state index contributed by atoms with van der Waals surface area (Å²) in [6.07, 6.45) is 1.53. The lowest BCUT2D eigenvalue weighted by molar-refractivity contribution is 0.415. The van der Waals surface area contributed by atoms with Gasteiger partial charge in [0.25, 0.3) is 5.56 Å². The molecular formula is C22H17ClN2O2. The number of benzene rings is 3. The summed E-state index contributed by atoms with van der Waals surface area (Å²) in [5, 5.41) is 1.06. The monoisotopic (exact) mass is 376 g/mol. The quantitative estimate of drug-likeness (QED) is 0.504. The van der Waals surface area contributed by atoms with Gasteiger partial charge in [0, 0.05) is 0 Å². The Bertz CT molecular complexity index is 1180. The molecule has 4 nitrogen and oxygen atoms in total. The number of rotatable bonds is 3. The average Bonchev–Trinajstić information content (AvgIpc) is 2.69. The van der Waals surface area contributed by atoms with Crippen molar-refractivity contribution < 1.29 is 4.74 Å². The standard InChI is InChI=1S/C22H17ClN2O2/c1-14-4-3-5-19(23)21(14)25-13-24-20-11-8-16(12-18(20)22(25)26)15-6-9-17(27-2)10-7-15/h3-13H,1-2H3. The number of hydrogen-bond donors (Lipinski definition) is 0. The van der Waals surface area contributed by atoms with Crippen LogP contribution in [-0.4, -0.2) is 16.7 Å². The van der Waals surface area contributed by atoms with Crippen molar-refractivity contribution in [2.75, 3.05) is 7.11 Å². The first-order valence-corrected chi connectivity index (χ1v) is 8.87. The van der Waals surface area contributed by atoms with Gasteiger partial charge in [0.15, 0.2) is 0 Å². The van der Waals surface area contributed by atoms with Crippen molar-refractivity contribution in [3.63, 3.8) is 0 Å². The minimum Gasteiger partial charge on any atom is -0.497 e. The number of ether oxygens (including phenoxy) is 1. The molecule has 0 radical (unpaired) electrons. The van der Waals surface area contributed by atoms with Crippen LogP contribution in [0, 0.1) is 6.92 Å². The summed E-state index contributed by atoms with van der Waals surface area (Å²) in [4.78, 5) is 17.6. The van der Waals surface area contributed by atoms with Crippen molar-refractivity contribution >= 4 is 22.5 Å². The smallest absolute Gasteiger partial charge is 0.265 e. The number of nitrogens with zero attached hydrogens (tertiary/aromatic N) is 2. The van der Waals surface area contributed by atoms with Gasteiger partial charge >= 0.3 is 0 Å². The molecule has 4 rings (SSSR count). The molecule has 3 aromatic carbocycles. The molecule has 0 aliphatic rings. The maximum absolute atomic E-state index is 13.2. The number of fused-ring (bicyclic) bond motifs is 1. The van der Waals surface area contributed by atoms with E-state index in [1.807, 2.05) is 61.5 Å². The van der Waals surface area contributed by atoms with Crippen molar-refractivity contribution in [1.82, 2.24) is 9.55 Å². The highest BCUT2D eigenvalue weighted by atomic mass is 35.5. The second kappa shape index (κ2) is 6.89. The van der Waals surface area contributed by atoms with Gasteiger partial charge in [0.1, 0.15) is 12.1 Å². The molecule has 0 fully saturated rings. The van der Waals surface area contributed by atoms with E-state index in [-0.39, 0.29) is 5.56 Å². The maximum atomic E-state index is 13.2. The maximum Gasteiger partial charge on any atom is 0.265 e. The van der Waals surface area contributed by atoms with Crippen LogP contribution in [0.3, 0.4) is 0 Å². The van der Waals surface area contributed by atoms with Crippen molar-refractivity contribution in [3.05, 3.63) is 87.9 Å². The van der Waals surface area contributed by atoms with E-state index in [9.17, 15) is 4.79 Å². The molecular weight excluding hydrogens is 360 g/mol. The van der Waals surface area contributed by atoms with E-state index >= 15 is 0 Å². The first-order chi connectivity index (χ1) is 13.1. The Morgan fingerprint density at radius 1 is 1.00 bits per heavy atom. The highest BCUT2D eigenvalue weighted by molar-refractivity contribution is 6.32. The second-order valence-corrected chi connectivity index (χ2v) is 6.69. The Labute approximate surface area is 161 Å². The van der Waals surface area contributed by atoms with Gasteiger partial charge in [-0.15, -0.1) is 0 Å². The zero-order valence-electron chi connectivity index (χ0n) is 14.9. The molecule has 0 N–H and O–H groups in total. The minimum absolute atomic E-state index is 0.147. The molecule has 27 heavy (non-hydrogen) atoms. The van der Waals surface area contributed by atoms with Gasteiger partial charge in [-0.25, -0.2) is 4.98 Å². The lowest BCUT2D eigenvalue weighted by Crippen LogP contribution is -2.20. The Morgan fingerprint density at radius 2 is 1.74 bits per heavy atom. The third-order valence-corrected chi connectivity index (χ3v) is 4.92. The summed E-state index contributed by atoms with van der Waals surface area (Å²) in [7, 11) is 1.63. The zero-order chi connectivity index (χ0) is 19.0. The Hall–Kier alpha value is -3.11. The highest BCUT2D eigenvalue weighted by Gasteiger charge is 2.12. The number of aromatic nitrogens is 2. The Morgan fingerprint density at radius 3 is 2.44 bits per heavy atom. The first kappa shape index (κ1) is 17.3. The van der Waals surface area contributed by atoms with E-state index in [1.165, 1.54) is 10.9 Å². The number of aryl methyl sites for hydroxylation is 1. The highest BCUT2D eigenvalue weighted by Crippen LogP contribution is 2.26. The van der Waals surface area contributed by atoms with Crippen molar-refractivity contribution in [2.24, 2.45) is 0 Å². The van der Waals surface area contributed by atoms with Crippen LogP contribution in [0.15, 0.2) is 71.8 Å². The van der Waals surface area contributed by atoms with Crippen LogP contribution in [0.4, 0.5) is 0 Å². The molecule has 0 atom stereocenters. The molecule has 0 saturated carbocycles. The number of methoxy groups -OCH3 is 1. The Kier molecular flexibility index (Phi) is 4.42. The number of hydrogen-bond acceptors (Lipinski definition) is 3. The van der Waals surface area contributed by atoms with E-state index in [2.05, 4.69) is 4.98 Å². The lowest BCUT2D eigenvalue weighted by atomic mass is 10.0. The van der Waals surface area contributed by atoms with Crippen LogP contribution < -0.4 is 10.3 Å². The molecule has 1 aromatic heterocycles. The largest absolute Gasteiger partial charge is 0.497 e. The van der Waals surface area contributed by atoms with Crippen LogP contribution in [0.1, 0.15) is 5.56 Å². The van der Waals surface area contributed by atoms with Gasteiger partial charge in [-0.1, -0.05) is 41.9 Å². The molecule has 0 bridgehead atoms. The van der Waals surface area contributed by atoms with E-state index < -0.39 is 0 Å². The van der Waals surface area contributed by atoms with Crippen molar-refractivity contribution in [2.45, 2.75) is 6.92 Å². The third-order valence-electron chi connectivity index (χ3n) is 4.61. The topological polar surface area (TPSA) is 44.1 Å².